The Labute approximate surface area is 119 Å². The minimum absolute atomic E-state index is 0.0663. The lowest BCUT2D eigenvalue weighted by atomic mass is 10.2. The van der Waals surface area contributed by atoms with Gasteiger partial charge in [-0.2, -0.15) is 0 Å². The highest BCUT2D eigenvalue weighted by Gasteiger charge is 2.22. The quantitative estimate of drug-likeness (QED) is 0.428. The van der Waals surface area contributed by atoms with Crippen molar-refractivity contribution in [3.05, 3.63) is 33.9 Å². The van der Waals surface area contributed by atoms with E-state index in [1.54, 1.807) is 12.1 Å². The van der Waals surface area contributed by atoms with Crippen LogP contribution < -0.4 is 10.1 Å². The van der Waals surface area contributed by atoms with Gasteiger partial charge in [-0.15, -0.1) is 0 Å². The number of hydrogen-bond acceptors (Lipinski definition) is 4. The zero-order chi connectivity index (χ0) is 14.4. The number of nitro benzene ring substituents is 1. The molecule has 5 heteroatoms. The van der Waals surface area contributed by atoms with E-state index in [-0.39, 0.29) is 10.6 Å². The van der Waals surface area contributed by atoms with Crippen LogP contribution in [0.2, 0.25) is 0 Å². The Bertz CT molecular complexity index is 458. The SMILES string of the molecule is CCCNCc1ccc(OCCC2CC2)c([N+](=O)[O-])c1. The van der Waals surface area contributed by atoms with Gasteiger partial charge in [0, 0.05) is 12.6 Å². The summed E-state index contributed by atoms with van der Waals surface area (Å²) in [7, 11) is 0. The molecule has 0 unspecified atom stereocenters. The molecule has 0 atom stereocenters. The van der Waals surface area contributed by atoms with Gasteiger partial charge in [-0.3, -0.25) is 10.1 Å². The van der Waals surface area contributed by atoms with Crippen LogP contribution in [0.3, 0.4) is 0 Å². The third kappa shape index (κ3) is 4.49. The van der Waals surface area contributed by atoms with Crippen LogP contribution in [0, 0.1) is 16.0 Å². The van der Waals surface area contributed by atoms with Gasteiger partial charge in [0.25, 0.3) is 0 Å². The highest BCUT2D eigenvalue weighted by atomic mass is 16.6. The van der Waals surface area contributed by atoms with Gasteiger partial charge in [-0.05, 0) is 36.9 Å². The second-order valence-electron chi connectivity index (χ2n) is 5.32. The molecule has 1 aliphatic rings. The topological polar surface area (TPSA) is 64.4 Å². The van der Waals surface area contributed by atoms with E-state index < -0.39 is 0 Å². The predicted molar refractivity (Wildman–Crippen MR) is 77.9 cm³/mol. The van der Waals surface area contributed by atoms with Crippen molar-refractivity contribution in [3.63, 3.8) is 0 Å². The van der Waals surface area contributed by atoms with Crippen LogP contribution in [0.1, 0.15) is 38.2 Å². The van der Waals surface area contributed by atoms with Crippen LogP contribution in [0.15, 0.2) is 18.2 Å². The van der Waals surface area contributed by atoms with Crippen molar-refractivity contribution >= 4 is 5.69 Å². The minimum Gasteiger partial charge on any atom is -0.487 e. The first-order chi connectivity index (χ1) is 9.70. The summed E-state index contributed by atoms with van der Waals surface area (Å²) in [6.07, 6.45) is 4.59. The molecule has 20 heavy (non-hydrogen) atoms. The van der Waals surface area contributed by atoms with E-state index in [0.29, 0.717) is 18.9 Å². The molecule has 0 bridgehead atoms. The number of rotatable bonds is 9. The third-order valence-corrected chi connectivity index (χ3v) is 3.46. The summed E-state index contributed by atoms with van der Waals surface area (Å²) in [5.41, 5.74) is 0.983. The lowest BCUT2D eigenvalue weighted by Crippen LogP contribution is -2.14. The largest absolute Gasteiger partial charge is 0.487 e. The van der Waals surface area contributed by atoms with Gasteiger partial charge in [0.1, 0.15) is 0 Å². The lowest BCUT2D eigenvalue weighted by molar-refractivity contribution is -0.385. The summed E-state index contributed by atoms with van der Waals surface area (Å²) < 4.78 is 5.57. The van der Waals surface area contributed by atoms with E-state index in [9.17, 15) is 10.1 Å². The van der Waals surface area contributed by atoms with E-state index in [1.165, 1.54) is 12.8 Å². The van der Waals surface area contributed by atoms with Crippen molar-refractivity contribution in [2.24, 2.45) is 5.92 Å². The van der Waals surface area contributed by atoms with Crippen LogP contribution in [-0.4, -0.2) is 18.1 Å². The minimum atomic E-state index is -0.365. The molecule has 0 saturated heterocycles. The summed E-state index contributed by atoms with van der Waals surface area (Å²) in [6, 6.07) is 5.21. The average Bonchev–Trinajstić information content (AvgIpc) is 3.24. The molecule has 2 rings (SSSR count). The van der Waals surface area contributed by atoms with E-state index in [2.05, 4.69) is 12.2 Å². The van der Waals surface area contributed by atoms with Crippen molar-refractivity contribution in [1.82, 2.24) is 5.32 Å². The molecule has 0 spiro atoms. The maximum atomic E-state index is 11.1. The van der Waals surface area contributed by atoms with Crippen LogP contribution in [0.5, 0.6) is 5.75 Å². The molecule has 1 aromatic rings. The number of benzene rings is 1. The number of nitrogens with one attached hydrogen (secondary N) is 1. The van der Waals surface area contributed by atoms with Gasteiger partial charge in [0.05, 0.1) is 11.5 Å². The first kappa shape index (κ1) is 14.8. The number of nitro groups is 1. The first-order valence-corrected chi connectivity index (χ1v) is 7.31. The molecule has 0 aliphatic heterocycles. The maximum absolute atomic E-state index is 11.1. The molecular formula is C15H22N2O3. The fourth-order valence-electron chi connectivity index (χ4n) is 2.09. The second kappa shape index (κ2) is 7.24. The second-order valence-corrected chi connectivity index (χ2v) is 5.32. The average molecular weight is 278 g/mol. The number of nitrogens with zero attached hydrogens (tertiary/aromatic N) is 1. The fourth-order valence-corrected chi connectivity index (χ4v) is 2.09. The van der Waals surface area contributed by atoms with Crippen LogP contribution in [0.25, 0.3) is 0 Å². The summed E-state index contributed by atoms with van der Waals surface area (Å²) >= 11 is 0. The van der Waals surface area contributed by atoms with Gasteiger partial charge in [-0.1, -0.05) is 25.8 Å². The molecule has 110 valence electrons. The van der Waals surface area contributed by atoms with Crippen LogP contribution in [-0.2, 0) is 6.54 Å². The summed E-state index contributed by atoms with van der Waals surface area (Å²) in [5.74, 6) is 1.15. The number of hydrogen-bond donors (Lipinski definition) is 1. The predicted octanol–water partition coefficient (Wildman–Crippen LogP) is 3.27. The zero-order valence-electron chi connectivity index (χ0n) is 11.9. The fraction of sp³-hybridized carbons (Fsp3) is 0.600. The first-order valence-electron chi connectivity index (χ1n) is 7.31. The highest BCUT2D eigenvalue weighted by Crippen LogP contribution is 2.33. The molecule has 0 aromatic heterocycles. The Morgan fingerprint density at radius 3 is 2.90 bits per heavy atom. The molecule has 0 heterocycles. The Balaban J connectivity index is 1.96. The van der Waals surface area contributed by atoms with Crippen LogP contribution >= 0.6 is 0 Å². The summed E-state index contributed by atoms with van der Waals surface area (Å²) in [6.45, 7) is 4.22. The van der Waals surface area contributed by atoms with Crippen molar-refractivity contribution in [1.29, 1.82) is 0 Å². The van der Waals surface area contributed by atoms with E-state index in [1.807, 2.05) is 6.07 Å². The van der Waals surface area contributed by atoms with E-state index in [4.69, 9.17) is 4.74 Å². The molecule has 1 fully saturated rings. The lowest BCUT2D eigenvalue weighted by Gasteiger charge is -2.08. The summed E-state index contributed by atoms with van der Waals surface area (Å²) in [5, 5.41) is 14.4. The molecule has 1 saturated carbocycles. The normalized spacial score (nSPS) is 14.2. The molecule has 1 aliphatic carbocycles. The zero-order valence-corrected chi connectivity index (χ0v) is 11.9. The standard InChI is InChI=1S/C15H22N2O3/c1-2-8-16-11-13-5-6-15(14(10-13)17(18)19)20-9-7-12-3-4-12/h5-6,10,12,16H,2-4,7-9,11H2,1H3. The van der Waals surface area contributed by atoms with Gasteiger partial charge >= 0.3 is 5.69 Å². The number of ether oxygens (including phenoxy) is 1. The van der Waals surface area contributed by atoms with Crippen molar-refractivity contribution in [2.75, 3.05) is 13.2 Å². The molecule has 5 nitrogen and oxygen atoms in total. The van der Waals surface area contributed by atoms with Gasteiger partial charge in [0.2, 0.25) is 0 Å². The molecular weight excluding hydrogens is 256 g/mol. The van der Waals surface area contributed by atoms with Crippen LogP contribution in [0.4, 0.5) is 5.69 Å². The third-order valence-electron chi connectivity index (χ3n) is 3.46. The Morgan fingerprint density at radius 1 is 1.45 bits per heavy atom. The van der Waals surface area contributed by atoms with Gasteiger partial charge in [0.15, 0.2) is 5.75 Å². The summed E-state index contributed by atoms with van der Waals surface area (Å²) in [4.78, 5) is 10.8. The van der Waals surface area contributed by atoms with Gasteiger partial charge < -0.3 is 10.1 Å². The van der Waals surface area contributed by atoms with Gasteiger partial charge in [-0.25, -0.2) is 0 Å². The maximum Gasteiger partial charge on any atom is 0.311 e. The van der Waals surface area contributed by atoms with Crippen molar-refractivity contribution in [3.8, 4) is 5.75 Å². The molecule has 1 aromatic carbocycles. The van der Waals surface area contributed by atoms with E-state index >= 15 is 0 Å². The molecule has 0 radical (unpaired) electrons. The molecule has 0 amide bonds. The van der Waals surface area contributed by atoms with E-state index in [0.717, 1.165) is 30.9 Å². The Hall–Kier alpha value is -1.62. The monoisotopic (exact) mass is 278 g/mol. The van der Waals surface area contributed by atoms with Crippen molar-refractivity contribution in [2.45, 2.75) is 39.2 Å². The Morgan fingerprint density at radius 2 is 2.25 bits per heavy atom. The Kier molecular flexibility index (Phi) is 5.35. The molecule has 1 N–H and O–H groups in total. The smallest absolute Gasteiger partial charge is 0.311 e. The highest BCUT2D eigenvalue weighted by molar-refractivity contribution is 5.48. The van der Waals surface area contributed by atoms with Crippen molar-refractivity contribution < 1.29 is 9.66 Å².